The van der Waals surface area contributed by atoms with Crippen LogP contribution in [0.4, 0.5) is 0 Å². The van der Waals surface area contributed by atoms with Crippen LogP contribution in [0, 0.1) is 13.8 Å². The van der Waals surface area contributed by atoms with Gasteiger partial charge in [0.05, 0.1) is 0 Å². The highest BCUT2D eigenvalue weighted by molar-refractivity contribution is 7.80. The van der Waals surface area contributed by atoms with Crippen molar-refractivity contribution in [1.82, 2.24) is 0 Å². The van der Waals surface area contributed by atoms with Crippen molar-refractivity contribution in [2.24, 2.45) is 0 Å². The van der Waals surface area contributed by atoms with Crippen LogP contribution in [0.15, 0.2) is 65.6 Å². The average Bonchev–Trinajstić information content (AvgIpc) is 3.03. The number of carbonyl (C=O) groups excluding carboxylic acids is 1. The molecule has 0 bridgehead atoms. The summed E-state index contributed by atoms with van der Waals surface area (Å²) in [5.74, 6) is 1.56. The molecule has 0 aromatic heterocycles. The summed E-state index contributed by atoms with van der Waals surface area (Å²) in [6, 6.07) is 19.5. The lowest BCUT2D eigenvalue weighted by Crippen LogP contribution is -2.33. The van der Waals surface area contributed by atoms with Crippen molar-refractivity contribution in [1.29, 1.82) is 0 Å². The number of rotatable bonds is 8. The predicted molar refractivity (Wildman–Crippen MR) is 248 cm³/mol. The van der Waals surface area contributed by atoms with E-state index in [2.05, 4.69) is 157 Å². The van der Waals surface area contributed by atoms with Crippen molar-refractivity contribution in [2.45, 2.75) is 176 Å². The Labute approximate surface area is 358 Å². The molecule has 0 aliphatic heterocycles. The van der Waals surface area contributed by atoms with Crippen LogP contribution >= 0.6 is 21.2 Å². The summed E-state index contributed by atoms with van der Waals surface area (Å²) in [6.07, 6.45) is 0. The molecule has 0 aliphatic carbocycles. The number of aryl methyl sites for hydroxylation is 2. The van der Waals surface area contributed by atoms with E-state index in [1.807, 2.05) is 30.3 Å². The summed E-state index contributed by atoms with van der Waals surface area (Å²) in [7, 11) is -2.19. The van der Waals surface area contributed by atoms with Gasteiger partial charge in [-0.05, 0) is 98.9 Å². The Balaban J connectivity index is 1.93. The van der Waals surface area contributed by atoms with Gasteiger partial charge in [0.15, 0.2) is 0 Å². The van der Waals surface area contributed by atoms with Crippen molar-refractivity contribution in [3.8, 4) is 23.0 Å². The molecule has 4 rings (SSSR count). The maximum Gasteiger partial charge on any atom is 0.530 e. The van der Waals surface area contributed by atoms with Gasteiger partial charge in [0.1, 0.15) is 28.6 Å². The number of esters is 1. The Bertz CT molecular complexity index is 2140. The highest BCUT2D eigenvalue weighted by Gasteiger charge is 2.39. The van der Waals surface area contributed by atoms with Crippen molar-refractivity contribution in [3.05, 3.63) is 111 Å². The first kappa shape index (κ1) is 47.2. The average molecular weight is 827 g/mol. The lowest BCUT2D eigenvalue weighted by atomic mass is 9.64. The lowest BCUT2D eigenvalue weighted by molar-refractivity contribution is 0.0729. The third kappa shape index (κ3) is 11.0. The van der Waals surface area contributed by atoms with Gasteiger partial charge in [0.25, 0.3) is 0 Å². The molecule has 7 heteroatoms. The van der Waals surface area contributed by atoms with Gasteiger partial charge in [-0.2, -0.15) is 0 Å². The minimum Gasteiger partial charge on any atom is -0.422 e. The van der Waals surface area contributed by atoms with Gasteiger partial charge in [0.2, 0.25) is 0 Å². The molecule has 0 fully saturated rings. The molecular formula is C51H71O5PS. The SMILES string of the molecule is Cc1ccc(OP(Oc2ccccc2C(=O)Oc2cc(C(C)(C)C)c(C(C)(C)C)c(C(C)(C)C)c2C(C)(C)C)Oc2c(S)cc(C)cc2C(C)(C)C)c(C(C)(C)C)c1. The standard InChI is InChI=1S/C51H71O5PS/c1-31-25-26-38(34(27-31)46(3,4)5)55-57(56-44-36(48(9,10)11)28-32(2)29-40(44)58)54-37-24-22-21-23-33(37)45(52)53-39-30-35(47(6,7)8)41(49(12,13)14)43(51(18,19)20)42(39)50(15,16)17/h21-30,58H,1-20H3. The van der Waals surface area contributed by atoms with Gasteiger partial charge < -0.3 is 18.3 Å². The van der Waals surface area contributed by atoms with Crippen molar-refractivity contribution >= 4 is 27.2 Å². The van der Waals surface area contributed by atoms with E-state index in [4.69, 9.17) is 30.9 Å². The highest BCUT2D eigenvalue weighted by atomic mass is 32.1. The van der Waals surface area contributed by atoms with Crippen LogP contribution in [0.1, 0.15) is 179 Å². The van der Waals surface area contributed by atoms with E-state index in [1.165, 1.54) is 16.7 Å². The van der Waals surface area contributed by atoms with Crippen molar-refractivity contribution < 1.29 is 23.1 Å². The van der Waals surface area contributed by atoms with E-state index < -0.39 is 14.6 Å². The fourth-order valence-electron chi connectivity index (χ4n) is 7.48. The first-order chi connectivity index (χ1) is 26.2. The summed E-state index contributed by atoms with van der Waals surface area (Å²) in [5.41, 5.74) is 7.71. The van der Waals surface area contributed by atoms with Crippen molar-refractivity contribution in [2.75, 3.05) is 0 Å². The smallest absolute Gasteiger partial charge is 0.422 e. The minimum atomic E-state index is -2.19. The number of hydrogen-bond donors (Lipinski definition) is 1. The normalized spacial score (nSPS) is 13.6. The van der Waals surface area contributed by atoms with Crippen LogP contribution in [0.2, 0.25) is 0 Å². The lowest BCUT2D eigenvalue weighted by Gasteiger charge is -2.41. The first-order valence-electron chi connectivity index (χ1n) is 20.5. The molecule has 0 aliphatic rings. The van der Waals surface area contributed by atoms with Crippen molar-refractivity contribution in [3.63, 3.8) is 0 Å². The Morgan fingerprint density at radius 2 is 0.983 bits per heavy atom. The molecule has 0 radical (unpaired) electrons. The van der Waals surface area contributed by atoms with Gasteiger partial charge in [-0.15, -0.1) is 12.6 Å². The van der Waals surface area contributed by atoms with Crippen LogP contribution in [0.5, 0.6) is 23.0 Å². The third-order valence-corrected chi connectivity index (χ3v) is 11.5. The van der Waals surface area contributed by atoms with Gasteiger partial charge in [-0.25, -0.2) is 4.79 Å². The Morgan fingerprint density at radius 1 is 0.483 bits per heavy atom. The van der Waals surface area contributed by atoms with E-state index >= 15 is 0 Å². The van der Waals surface area contributed by atoms with E-state index in [-0.39, 0.29) is 38.1 Å². The first-order valence-corrected chi connectivity index (χ1v) is 22.1. The molecule has 1 unspecified atom stereocenters. The fraction of sp³-hybridized carbons (Fsp3) is 0.510. The Morgan fingerprint density at radius 3 is 1.50 bits per heavy atom. The number of para-hydroxylation sites is 1. The van der Waals surface area contributed by atoms with E-state index in [0.29, 0.717) is 27.9 Å². The number of benzene rings is 4. The highest BCUT2D eigenvalue weighted by Crippen LogP contribution is 2.52. The van der Waals surface area contributed by atoms with Crippen LogP contribution in [0.25, 0.3) is 0 Å². The molecule has 1 atom stereocenters. The predicted octanol–water partition coefficient (Wildman–Crippen LogP) is 15.4. The minimum absolute atomic E-state index is 0.160. The largest absolute Gasteiger partial charge is 0.530 e. The second-order valence-electron chi connectivity index (χ2n) is 22.1. The van der Waals surface area contributed by atoms with Crippen LogP contribution < -0.4 is 18.3 Å². The van der Waals surface area contributed by atoms with Crippen LogP contribution in [-0.4, -0.2) is 5.97 Å². The van der Waals surface area contributed by atoms with Gasteiger partial charge in [-0.1, -0.05) is 161 Å². The summed E-state index contributed by atoms with van der Waals surface area (Å²) < 4.78 is 27.0. The molecule has 316 valence electrons. The summed E-state index contributed by atoms with van der Waals surface area (Å²) >= 11 is 4.90. The second-order valence-corrected chi connectivity index (χ2v) is 23.6. The molecule has 0 saturated carbocycles. The molecule has 4 aromatic carbocycles. The molecule has 0 saturated heterocycles. The van der Waals surface area contributed by atoms with Gasteiger partial charge >= 0.3 is 14.6 Å². The zero-order valence-corrected chi connectivity index (χ0v) is 41.0. The molecule has 0 N–H and O–H groups in total. The van der Waals surface area contributed by atoms with E-state index in [9.17, 15) is 4.79 Å². The maximum atomic E-state index is 14.7. The molecule has 0 spiro atoms. The Hall–Kier alpha value is -3.47. The van der Waals surface area contributed by atoms with Gasteiger partial charge in [0, 0.05) is 21.6 Å². The number of ether oxygens (including phenoxy) is 1. The zero-order chi connectivity index (χ0) is 44.1. The maximum absolute atomic E-state index is 14.7. The van der Waals surface area contributed by atoms with Crippen LogP contribution in [0.3, 0.4) is 0 Å². The van der Waals surface area contributed by atoms with E-state index in [0.717, 1.165) is 27.8 Å². The summed E-state index contributed by atoms with van der Waals surface area (Å²) in [6.45, 7) is 43.9. The second kappa shape index (κ2) is 16.5. The van der Waals surface area contributed by atoms with Gasteiger partial charge in [-0.3, -0.25) is 0 Å². The molecule has 0 heterocycles. The number of hydrogen-bond acceptors (Lipinski definition) is 6. The Kier molecular flexibility index (Phi) is 13.5. The van der Waals surface area contributed by atoms with Crippen LogP contribution in [-0.2, 0) is 32.5 Å². The molecule has 0 amide bonds. The summed E-state index contributed by atoms with van der Waals surface area (Å²) in [5, 5.41) is 0. The monoisotopic (exact) mass is 826 g/mol. The number of thiol groups is 1. The molecule has 58 heavy (non-hydrogen) atoms. The fourth-order valence-corrected chi connectivity index (χ4v) is 9.02. The summed E-state index contributed by atoms with van der Waals surface area (Å²) in [4.78, 5) is 15.4. The molecule has 5 nitrogen and oxygen atoms in total. The zero-order valence-electron chi connectivity index (χ0n) is 39.2. The quantitative estimate of drug-likeness (QED) is 0.0830. The molecule has 4 aromatic rings. The van der Waals surface area contributed by atoms with E-state index in [1.54, 1.807) is 12.1 Å². The third-order valence-electron chi connectivity index (χ3n) is 10.1. The topological polar surface area (TPSA) is 54.0 Å². The molecular weight excluding hydrogens is 756 g/mol. The number of carbonyl (C=O) groups is 1.